The van der Waals surface area contributed by atoms with Gasteiger partial charge in [0, 0.05) is 0 Å². The first kappa shape index (κ1) is 30.0. The van der Waals surface area contributed by atoms with Gasteiger partial charge < -0.3 is 14.2 Å². The first-order chi connectivity index (χ1) is 18.6. The van der Waals surface area contributed by atoms with Crippen LogP contribution in [0.4, 0.5) is 4.39 Å². The highest BCUT2D eigenvalue weighted by Crippen LogP contribution is 2.36. The molecule has 2 unspecified atom stereocenters. The molecule has 1 saturated carbocycles. The van der Waals surface area contributed by atoms with Crippen molar-refractivity contribution in [2.24, 2.45) is 11.8 Å². The van der Waals surface area contributed by atoms with Crippen LogP contribution in [0, 0.1) is 17.7 Å². The molecule has 0 aliphatic heterocycles. The van der Waals surface area contributed by atoms with Crippen LogP contribution in [0.5, 0.6) is 17.2 Å². The Morgan fingerprint density at radius 2 is 1.39 bits per heavy atom. The van der Waals surface area contributed by atoms with Crippen molar-refractivity contribution in [2.45, 2.75) is 104 Å². The van der Waals surface area contributed by atoms with Gasteiger partial charge in [0.1, 0.15) is 11.5 Å². The smallest absolute Gasteiger partial charge is 0.343 e. The molecule has 0 heterocycles. The summed E-state index contributed by atoms with van der Waals surface area (Å²) in [6.07, 6.45) is 17.5. The number of carbonyl (C=O) groups is 1. The number of benzene rings is 2. The highest BCUT2D eigenvalue weighted by Gasteiger charge is 2.24. The van der Waals surface area contributed by atoms with Crippen LogP contribution in [0.1, 0.15) is 114 Å². The Bertz CT molecular complexity index is 943. The number of carbonyl (C=O) groups excluding carboxylic acids is 1. The molecule has 0 spiro atoms. The normalized spacial score (nSPS) is 17.2. The highest BCUT2D eigenvalue weighted by atomic mass is 19.1. The van der Waals surface area contributed by atoms with Crippen molar-refractivity contribution in [3.8, 4) is 17.2 Å². The van der Waals surface area contributed by atoms with Gasteiger partial charge in [0.15, 0.2) is 11.6 Å². The Kier molecular flexibility index (Phi) is 13.5. The predicted octanol–water partition coefficient (Wildman–Crippen LogP) is 9.55. The van der Waals surface area contributed by atoms with Gasteiger partial charge in [-0.05, 0) is 73.6 Å². The minimum atomic E-state index is -0.604. The molecule has 2 atom stereocenters. The standard InChI is InChI=1S/C33H47FO4/c1-3-5-7-11-23-37-32-22-17-28(25-31(32)34)33(35)38-30-20-18-29(19-21-30)36-24-12-16-27-15-10-9-14-26(27)13-8-6-4-2/h17-22,25-27H,3-16,23-24H2,1-2H3. The van der Waals surface area contributed by atoms with Crippen LogP contribution in [0.25, 0.3) is 0 Å². The van der Waals surface area contributed by atoms with Gasteiger partial charge in [-0.15, -0.1) is 0 Å². The summed E-state index contributed by atoms with van der Waals surface area (Å²) in [5.41, 5.74) is 0.150. The Labute approximate surface area is 229 Å². The fraction of sp³-hybridized carbons (Fsp3) is 0.606. The van der Waals surface area contributed by atoms with E-state index >= 15 is 0 Å². The molecule has 0 aromatic heterocycles. The molecular weight excluding hydrogens is 479 g/mol. The number of esters is 1. The van der Waals surface area contributed by atoms with Crippen LogP contribution in [-0.2, 0) is 0 Å². The third kappa shape index (κ3) is 10.3. The summed E-state index contributed by atoms with van der Waals surface area (Å²) in [5, 5.41) is 0. The molecule has 0 bridgehead atoms. The monoisotopic (exact) mass is 526 g/mol. The maximum atomic E-state index is 14.4. The Hall–Kier alpha value is -2.56. The number of hydrogen-bond acceptors (Lipinski definition) is 4. The number of rotatable bonds is 17. The molecule has 0 radical (unpaired) electrons. The number of ether oxygens (including phenoxy) is 3. The quantitative estimate of drug-likeness (QED) is 0.117. The van der Waals surface area contributed by atoms with E-state index in [9.17, 15) is 9.18 Å². The summed E-state index contributed by atoms with van der Waals surface area (Å²) in [7, 11) is 0. The van der Waals surface area contributed by atoms with Crippen molar-refractivity contribution in [3.05, 3.63) is 53.8 Å². The van der Waals surface area contributed by atoms with Crippen molar-refractivity contribution >= 4 is 5.97 Å². The summed E-state index contributed by atoms with van der Waals surface area (Å²) in [6, 6.07) is 11.2. The molecule has 0 N–H and O–H groups in total. The third-order valence-corrected chi connectivity index (χ3v) is 7.69. The lowest BCUT2D eigenvalue weighted by Crippen LogP contribution is -2.20. The van der Waals surface area contributed by atoms with Crippen molar-refractivity contribution in [1.29, 1.82) is 0 Å². The van der Waals surface area contributed by atoms with E-state index in [-0.39, 0.29) is 11.3 Å². The van der Waals surface area contributed by atoms with Gasteiger partial charge in [0.25, 0.3) is 0 Å². The number of halogens is 1. The summed E-state index contributed by atoms with van der Waals surface area (Å²) >= 11 is 0. The van der Waals surface area contributed by atoms with Crippen LogP contribution in [0.15, 0.2) is 42.5 Å². The molecule has 1 aliphatic rings. The topological polar surface area (TPSA) is 44.8 Å². The molecule has 0 amide bonds. The zero-order chi connectivity index (χ0) is 27.0. The SMILES string of the molecule is CCCCCCOc1ccc(C(=O)Oc2ccc(OCCCC3CCCCC3CCCCC)cc2)cc1F. The fourth-order valence-electron chi connectivity index (χ4n) is 5.46. The summed E-state index contributed by atoms with van der Waals surface area (Å²) < 4.78 is 31.3. The zero-order valence-electron chi connectivity index (χ0n) is 23.5. The van der Waals surface area contributed by atoms with E-state index in [1.165, 1.54) is 76.0 Å². The second-order valence-corrected chi connectivity index (χ2v) is 10.7. The predicted molar refractivity (Wildman–Crippen MR) is 152 cm³/mol. The lowest BCUT2D eigenvalue weighted by molar-refractivity contribution is 0.0734. The lowest BCUT2D eigenvalue weighted by Gasteiger charge is -2.31. The summed E-state index contributed by atoms with van der Waals surface area (Å²) in [4.78, 5) is 12.5. The molecule has 210 valence electrons. The second kappa shape index (κ2) is 17.1. The van der Waals surface area contributed by atoms with Crippen molar-refractivity contribution in [3.63, 3.8) is 0 Å². The molecule has 3 rings (SSSR count). The molecule has 38 heavy (non-hydrogen) atoms. The van der Waals surface area contributed by atoms with Gasteiger partial charge in [-0.25, -0.2) is 9.18 Å². The lowest BCUT2D eigenvalue weighted by atomic mass is 9.74. The average Bonchev–Trinajstić information content (AvgIpc) is 2.93. The zero-order valence-corrected chi connectivity index (χ0v) is 23.5. The minimum absolute atomic E-state index is 0.150. The van der Waals surface area contributed by atoms with Gasteiger partial charge in [-0.1, -0.05) is 84.5 Å². The summed E-state index contributed by atoms with van der Waals surface area (Å²) in [6.45, 7) is 5.58. The molecule has 1 aliphatic carbocycles. The van der Waals surface area contributed by atoms with Crippen molar-refractivity contribution < 1.29 is 23.4 Å². The largest absolute Gasteiger partial charge is 0.494 e. The fourth-order valence-corrected chi connectivity index (χ4v) is 5.46. The first-order valence-electron chi connectivity index (χ1n) is 15.0. The maximum absolute atomic E-state index is 14.4. The second-order valence-electron chi connectivity index (χ2n) is 10.7. The summed E-state index contributed by atoms with van der Waals surface area (Å²) in [5.74, 6) is 1.91. The Balaban J connectivity index is 1.39. The number of unbranched alkanes of at least 4 members (excludes halogenated alkanes) is 5. The van der Waals surface area contributed by atoms with Gasteiger partial charge >= 0.3 is 5.97 Å². The van der Waals surface area contributed by atoms with E-state index in [2.05, 4.69) is 13.8 Å². The highest BCUT2D eigenvalue weighted by molar-refractivity contribution is 5.91. The van der Waals surface area contributed by atoms with E-state index in [4.69, 9.17) is 14.2 Å². The van der Waals surface area contributed by atoms with Crippen LogP contribution in [-0.4, -0.2) is 19.2 Å². The van der Waals surface area contributed by atoms with E-state index < -0.39 is 11.8 Å². The third-order valence-electron chi connectivity index (χ3n) is 7.69. The molecule has 2 aromatic rings. The first-order valence-corrected chi connectivity index (χ1v) is 15.0. The van der Waals surface area contributed by atoms with Crippen LogP contribution in [0.3, 0.4) is 0 Å². The molecular formula is C33H47FO4. The Morgan fingerprint density at radius 3 is 2.08 bits per heavy atom. The molecule has 2 aromatic carbocycles. The van der Waals surface area contributed by atoms with E-state index in [1.54, 1.807) is 12.1 Å². The molecule has 4 nitrogen and oxygen atoms in total. The van der Waals surface area contributed by atoms with Gasteiger partial charge in [0.05, 0.1) is 18.8 Å². The van der Waals surface area contributed by atoms with Crippen LogP contribution in [0.2, 0.25) is 0 Å². The van der Waals surface area contributed by atoms with Gasteiger partial charge in [0.2, 0.25) is 0 Å². The van der Waals surface area contributed by atoms with E-state index in [1.807, 2.05) is 12.1 Å². The molecule has 1 fully saturated rings. The van der Waals surface area contributed by atoms with E-state index in [0.29, 0.717) is 19.0 Å². The maximum Gasteiger partial charge on any atom is 0.343 e. The minimum Gasteiger partial charge on any atom is -0.494 e. The Morgan fingerprint density at radius 1 is 0.763 bits per heavy atom. The van der Waals surface area contributed by atoms with Crippen LogP contribution >= 0.6 is 0 Å². The average molecular weight is 527 g/mol. The number of hydrogen-bond donors (Lipinski definition) is 0. The van der Waals surface area contributed by atoms with Gasteiger partial charge in [-0.3, -0.25) is 0 Å². The van der Waals surface area contributed by atoms with Gasteiger partial charge in [-0.2, -0.15) is 0 Å². The van der Waals surface area contributed by atoms with Crippen LogP contribution < -0.4 is 14.2 Å². The van der Waals surface area contributed by atoms with E-state index in [0.717, 1.165) is 49.7 Å². The molecule has 0 saturated heterocycles. The van der Waals surface area contributed by atoms with Crippen molar-refractivity contribution in [1.82, 2.24) is 0 Å². The van der Waals surface area contributed by atoms with Crippen molar-refractivity contribution in [2.75, 3.05) is 13.2 Å². The molecule has 5 heteroatoms.